The van der Waals surface area contributed by atoms with E-state index in [4.69, 9.17) is 4.98 Å². The number of aromatic nitrogens is 1. The zero-order valence-corrected chi connectivity index (χ0v) is 10.8. The third kappa shape index (κ3) is 2.03. The largest absolute Gasteiger partial charge is 0.316 e. The molecular formula is C13H20N2S. The SMILES string of the molecule is Cc1sc(CC2CCNC2)nc1C1CCC1. The van der Waals surface area contributed by atoms with Gasteiger partial charge in [-0.15, -0.1) is 11.3 Å². The number of rotatable bonds is 3. The van der Waals surface area contributed by atoms with Crippen molar-refractivity contribution in [2.45, 2.75) is 44.9 Å². The van der Waals surface area contributed by atoms with Crippen molar-refractivity contribution < 1.29 is 0 Å². The third-order valence-corrected chi connectivity index (χ3v) is 5.00. The molecule has 1 aromatic rings. The molecule has 2 nitrogen and oxygen atoms in total. The van der Waals surface area contributed by atoms with Gasteiger partial charge in [-0.1, -0.05) is 6.42 Å². The number of hydrogen-bond acceptors (Lipinski definition) is 3. The normalized spacial score (nSPS) is 25.9. The van der Waals surface area contributed by atoms with Crippen molar-refractivity contribution in [3.05, 3.63) is 15.6 Å². The van der Waals surface area contributed by atoms with Crippen LogP contribution < -0.4 is 5.32 Å². The fraction of sp³-hybridized carbons (Fsp3) is 0.769. The van der Waals surface area contributed by atoms with E-state index in [0.29, 0.717) is 0 Å². The van der Waals surface area contributed by atoms with Crippen molar-refractivity contribution in [1.82, 2.24) is 10.3 Å². The van der Waals surface area contributed by atoms with Gasteiger partial charge in [0.25, 0.3) is 0 Å². The molecule has 3 heteroatoms. The number of hydrogen-bond donors (Lipinski definition) is 1. The maximum atomic E-state index is 4.89. The molecule has 1 aliphatic heterocycles. The highest BCUT2D eigenvalue weighted by Gasteiger charge is 2.25. The molecule has 88 valence electrons. The van der Waals surface area contributed by atoms with E-state index in [-0.39, 0.29) is 0 Å². The summed E-state index contributed by atoms with van der Waals surface area (Å²) in [6.45, 7) is 4.64. The van der Waals surface area contributed by atoms with Crippen LogP contribution in [0.15, 0.2) is 0 Å². The van der Waals surface area contributed by atoms with Gasteiger partial charge < -0.3 is 5.32 Å². The lowest BCUT2D eigenvalue weighted by Crippen LogP contribution is -2.12. The van der Waals surface area contributed by atoms with Crippen LogP contribution in [-0.4, -0.2) is 18.1 Å². The highest BCUT2D eigenvalue weighted by atomic mass is 32.1. The molecule has 2 heterocycles. The van der Waals surface area contributed by atoms with E-state index in [0.717, 1.165) is 11.8 Å². The summed E-state index contributed by atoms with van der Waals surface area (Å²) >= 11 is 1.94. The first-order valence-corrected chi connectivity index (χ1v) is 7.31. The van der Waals surface area contributed by atoms with Gasteiger partial charge in [-0.3, -0.25) is 0 Å². The summed E-state index contributed by atoms with van der Waals surface area (Å²) in [5.74, 6) is 1.63. The molecule has 2 aliphatic rings. The Morgan fingerprint density at radius 1 is 1.38 bits per heavy atom. The molecule has 0 radical (unpaired) electrons. The number of thiazole rings is 1. The van der Waals surface area contributed by atoms with E-state index in [1.54, 1.807) is 0 Å². The molecule has 0 aromatic carbocycles. The Labute approximate surface area is 101 Å². The summed E-state index contributed by atoms with van der Waals surface area (Å²) in [6, 6.07) is 0. The first kappa shape index (κ1) is 10.7. The van der Waals surface area contributed by atoms with Gasteiger partial charge in [0.1, 0.15) is 0 Å². The Bertz CT molecular complexity index is 362. The Hall–Kier alpha value is -0.410. The molecule has 2 fully saturated rings. The minimum Gasteiger partial charge on any atom is -0.316 e. The zero-order chi connectivity index (χ0) is 11.0. The van der Waals surface area contributed by atoms with Crippen molar-refractivity contribution in [3.8, 4) is 0 Å². The van der Waals surface area contributed by atoms with Gasteiger partial charge in [-0.25, -0.2) is 4.98 Å². The van der Waals surface area contributed by atoms with Crippen molar-refractivity contribution in [3.63, 3.8) is 0 Å². The summed E-state index contributed by atoms with van der Waals surface area (Å²) in [5.41, 5.74) is 1.43. The van der Waals surface area contributed by atoms with E-state index in [1.807, 2.05) is 11.3 Å². The Balaban J connectivity index is 1.70. The molecule has 1 unspecified atom stereocenters. The van der Waals surface area contributed by atoms with Crippen LogP contribution in [0, 0.1) is 12.8 Å². The molecular weight excluding hydrogens is 216 g/mol. The van der Waals surface area contributed by atoms with Crippen LogP contribution in [0.25, 0.3) is 0 Å². The predicted octanol–water partition coefficient (Wildman–Crippen LogP) is 2.87. The Morgan fingerprint density at radius 3 is 2.88 bits per heavy atom. The summed E-state index contributed by atoms with van der Waals surface area (Å²) in [5, 5.41) is 4.82. The Kier molecular flexibility index (Phi) is 2.99. The predicted molar refractivity (Wildman–Crippen MR) is 68.1 cm³/mol. The van der Waals surface area contributed by atoms with Gasteiger partial charge in [0.05, 0.1) is 10.7 Å². The van der Waals surface area contributed by atoms with Crippen LogP contribution in [-0.2, 0) is 6.42 Å². The molecule has 16 heavy (non-hydrogen) atoms. The minimum atomic E-state index is 0.798. The lowest BCUT2D eigenvalue weighted by atomic mass is 9.82. The number of nitrogens with zero attached hydrogens (tertiary/aromatic N) is 1. The fourth-order valence-corrected chi connectivity index (χ4v) is 3.88. The molecule has 1 N–H and O–H groups in total. The molecule has 0 spiro atoms. The van der Waals surface area contributed by atoms with E-state index in [9.17, 15) is 0 Å². The smallest absolute Gasteiger partial charge is 0.0934 e. The molecule has 1 atom stereocenters. The van der Waals surface area contributed by atoms with E-state index < -0.39 is 0 Å². The molecule has 1 aliphatic carbocycles. The van der Waals surface area contributed by atoms with Gasteiger partial charge in [0.2, 0.25) is 0 Å². The van der Waals surface area contributed by atoms with Gasteiger partial charge in [0, 0.05) is 17.2 Å². The maximum absolute atomic E-state index is 4.89. The quantitative estimate of drug-likeness (QED) is 0.873. The number of aryl methyl sites for hydroxylation is 1. The molecule has 1 saturated heterocycles. The molecule has 1 aromatic heterocycles. The molecule has 3 rings (SSSR count). The molecule has 0 amide bonds. The topological polar surface area (TPSA) is 24.9 Å². The van der Waals surface area contributed by atoms with Crippen LogP contribution in [0.2, 0.25) is 0 Å². The first-order chi connectivity index (χ1) is 7.83. The lowest BCUT2D eigenvalue weighted by molar-refractivity contribution is 0.410. The molecule has 0 bridgehead atoms. The van der Waals surface area contributed by atoms with E-state index in [2.05, 4.69) is 12.2 Å². The summed E-state index contributed by atoms with van der Waals surface area (Å²) < 4.78 is 0. The average molecular weight is 236 g/mol. The van der Waals surface area contributed by atoms with Crippen molar-refractivity contribution in [2.24, 2.45) is 5.92 Å². The van der Waals surface area contributed by atoms with Crippen LogP contribution in [0.1, 0.15) is 47.2 Å². The van der Waals surface area contributed by atoms with Crippen molar-refractivity contribution in [2.75, 3.05) is 13.1 Å². The molecule has 1 saturated carbocycles. The van der Waals surface area contributed by atoms with Gasteiger partial charge >= 0.3 is 0 Å². The van der Waals surface area contributed by atoms with E-state index >= 15 is 0 Å². The van der Waals surface area contributed by atoms with Gasteiger partial charge in [0.15, 0.2) is 0 Å². The lowest BCUT2D eigenvalue weighted by Gasteiger charge is -2.24. The minimum absolute atomic E-state index is 0.798. The zero-order valence-electron chi connectivity index (χ0n) is 9.96. The highest BCUT2D eigenvalue weighted by Crippen LogP contribution is 2.39. The van der Waals surface area contributed by atoms with Gasteiger partial charge in [-0.2, -0.15) is 0 Å². The maximum Gasteiger partial charge on any atom is 0.0934 e. The van der Waals surface area contributed by atoms with Crippen LogP contribution in [0.4, 0.5) is 0 Å². The standard InChI is InChI=1S/C13H20N2S/c1-9-13(11-3-2-4-11)15-12(16-9)7-10-5-6-14-8-10/h10-11,14H,2-8H2,1H3. The summed E-state index contributed by atoms with van der Waals surface area (Å²) in [7, 11) is 0. The monoisotopic (exact) mass is 236 g/mol. The van der Waals surface area contributed by atoms with Crippen molar-refractivity contribution in [1.29, 1.82) is 0 Å². The van der Waals surface area contributed by atoms with Crippen LogP contribution in [0.3, 0.4) is 0 Å². The summed E-state index contributed by atoms with van der Waals surface area (Å²) in [4.78, 5) is 6.36. The van der Waals surface area contributed by atoms with Crippen molar-refractivity contribution >= 4 is 11.3 Å². The number of nitrogens with one attached hydrogen (secondary N) is 1. The van der Waals surface area contributed by atoms with E-state index in [1.165, 1.54) is 60.8 Å². The second-order valence-electron chi connectivity index (χ2n) is 5.24. The van der Waals surface area contributed by atoms with Gasteiger partial charge in [-0.05, 0) is 45.2 Å². The van der Waals surface area contributed by atoms with Crippen LogP contribution in [0.5, 0.6) is 0 Å². The second-order valence-corrected chi connectivity index (χ2v) is 6.53. The Morgan fingerprint density at radius 2 is 2.25 bits per heavy atom. The average Bonchev–Trinajstić information content (AvgIpc) is 2.76. The highest BCUT2D eigenvalue weighted by molar-refractivity contribution is 7.11. The second kappa shape index (κ2) is 4.46. The summed E-state index contributed by atoms with van der Waals surface area (Å²) in [6.07, 6.45) is 6.68. The van der Waals surface area contributed by atoms with Crippen LogP contribution >= 0.6 is 11.3 Å². The fourth-order valence-electron chi connectivity index (χ4n) is 2.75. The third-order valence-electron chi connectivity index (χ3n) is 3.99. The first-order valence-electron chi connectivity index (χ1n) is 6.50.